The number of hydrogen-bond acceptors (Lipinski definition) is 6. The van der Waals surface area contributed by atoms with E-state index in [1.165, 1.54) is 6.20 Å². The lowest BCUT2D eigenvalue weighted by atomic mass is 10.0. The maximum atomic E-state index is 12.0. The minimum absolute atomic E-state index is 0.0815. The van der Waals surface area contributed by atoms with Crippen molar-refractivity contribution in [3.8, 4) is 5.75 Å². The van der Waals surface area contributed by atoms with Gasteiger partial charge >= 0.3 is 5.97 Å². The highest BCUT2D eigenvalue weighted by Gasteiger charge is 2.18. The summed E-state index contributed by atoms with van der Waals surface area (Å²) in [5, 5.41) is 13.7. The predicted octanol–water partition coefficient (Wildman–Crippen LogP) is 2.33. The summed E-state index contributed by atoms with van der Waals surface area (Å²) in [6, 6.07) is 5.46. The smallest absolute Gasteiger partial charge is 0.310 e. The molecular formula is C20H28N2O4. The second-order valence-electron chi connectivity index (χ2n) is 7.35. The molecule has 1 atom stereocenters. The first kappa shape index (κ1) is 20.0. The number of nitrogens with two attached hydrogens (primary N) is 1. The summed E-state index contributed by atoms with van der Waals surface area (Å²) in [4.78, 5) is 12.0. The van der Waals surface area contributed by atoms with Crippen LogP contribution in [-0.4, -0.2) is 29.8 Å². The average Bonchev–Trinajstić information content (AvgIpc) is 2.66. The Hall–Kier alpha value is -2.31. The Labute approximate surface area is 154 Å². The Morgan fingerprint density at radius 3 is 2.77 bits per heavy atom. The van der Waals surface area contributed by atoms with Gasteiger partial charge in [0.25, 0.3) is 0 Å². The first-order valence-corrected chi connectivity index (χ1v) is 8.69. The molecule has 26 heavy (non-hydrogen) atoms. The van der Waals surface area contributed by atoms with E-state index in [1.807, 2.05) is 32.9 Å². The number of β-amino-alcohol motifs (C(OH)–C–C–N with tert-alkyl or cyclic N) is 1. The molecule has 0 bridgehead atoms. The molecule has 0 aromatic heterocycles. The molecule has 6 heteroatoms. The van der Waals surface area contributed by atoms with E-state index in [9.17, 15) is 9.90 Å². The Balaban J connectivity index is 2.17. The van der Waals surface area contributed by atoms with Crippen molar-refractivity contribution in [3.63, 3.8) is 0 Å². The standard InChI is InChI=1S/C20H28N2O4/c1-20(2,3)22-11-17(23)15-6-7-18-16(10-15)13-26-19(24)9-14(12-25-18)5-4-8-21/h4-8,10,17,22-23H,9,11-13,21H2,1-3H3/b8-4-,14-5+. The molecule has 1 aromatic carbocycles. The van der Waals surface area contributed by atoms with Gasteiger partial charge < -0.3 is 25.6 Å². The van der Waals surface area contributed by atoms with Crippen molar-refractivity contribution in [3.05, 3.63) is 53.3 Å². The summed E-state index contributed by atoms with van der Waals surface area (Å²) in [6.07, 6.45) is 4.31. The van der Waals surface area contributed by atoms with E-state index >= 15 is 0 Å². The molecule has 4 N–H and O–H groups in total. The first-order valence-electron chi connectivity index (χ1n) is 8.69. The van der Waals surface area contributed by atoms with Crippen LogP contribution in [-0.2, 0) is 16.1 Å². The zero-order valence-electron chi connectivity index (χ0n) is 15.6. The Kier molecular flexibility index (Phi) is 6.83. The van der Waals surface area contributed by atoms with Gasteiger partial charge in [-0.3, -0.25) is 4.79 Å². The van der Waals surface area contributed by atoms with Crippen LogP contribution in [0, 0.1) is 0 Å². The zero-order valence-corrected chi connectivity index (χ0v) is 15.6. The molecule has 0 radical (unpaired) electrons. The summed E-state index contributed by atoms with van der Waals surface area (Å²) < 4.78 is 11.2. The summed E-state index contributed by atoms with van der Waals surface area (Å²) in [5.41, 5.74) is 7.53. The first-order chi connectivity index (χ1) is 12.3. The van der Waals surface area contributed by atoms with Crippen LogP contribution >= 0.6 is 0 Å². The number of benzene rings is 1. The Morgan fingerprint density at radius 1 is 1.31 bits per heavy atom. The third-order valence-electron chi connectivity index (χ3n) is 3.91. The van der Waals surface area contributed by atoms with Crippen molar-refractivity contribution in [2.75, 3.05) is 13.2 Å². The molecule has 0 saturated heterocycles. The molecular weight excluding hydrogens is 332 g/mol. The van der Waals surface area contributed by atoms with Crippen LogP contribution in [0.2, 0.25) is 0 Å². The van der Waals surface area contributed by atoms with E-state index in [1.54, 1.807) is 18.2 Å². The molecule has 1 aliphatic heterocycles. The number of aliphatic hydroxyl groups excluding tert-OH is 1. The lowest BCUT2D eigenvalue weighted by Crippen LogP contribution is -2.38. The molecule has 0 amide bonds. The minimum Gasteiger partial charge on any atom is -0.489 e. The van der Waals surface area contributed by atoms with E-state index < -0.39 is 6.10 Å². The molecule has 0 aliphatic carbocycles. The molecule has 1 aromatic rings. The van der Waals surface area contributed by atoms with Crippen molar-refractivity contribution in [2.45, 2.75) is 45.4 Å². The zero-order chi connectivity index (χ0) is 19.2. The number of aliphatic hydroxyl groups is 1. The topological polar surface area (TPSA) is 93.8 Å². The van der Waals surface area contributed by atoms with Gasteiger partial charge in [-0.05, 0) is 56.3 Å². The average molecular weight is 360 g/mol. The van der Waals surface area contributed by atoms with Crippen LogP contribution in [0.4, 0.5) is 0 Å². The van der Waals surface area contributed by atoms with E-state index in [2.05, 4.69) is 5.32 Å². The number of esters is 1. The van der Waals surface area contributed by atoms with Gasteiger partial charge in [-0.15, -0.1) is 0 Å². The fourth-order valence-electron chi connectivity index (χ4n) is 2.50. The molecule has 0 spiro atoms. The van der Waals surface area contributed by atoms with Gasteiger partial charge in [0, 0.05) is 17.6 Å². The fourth-order valence-corrected chi connectivity index (χ4v) is 2.50. The van der Waals surface area contributed by atoms with Gasteiger partial charge in [-0.25, -0.2) is 0 Å². The van der Waals surface area contributed by atoms with Gasteiger partial charge in [-0.2, -0.15) is 0 Å². The molecule has 2 rings (SSSR count). The molecule has 6 nitrogen and oxygen atoms in total. The summed E-state index contributed by atoms with van der Waals surface area (Å²) in [6.45, 7) is 6.95. The highest BCUT2D eigenvalue weighted by Crippen LogP contribution is 2.26. The SMILES string of the molecule is CC(C)(C)NCC(O)c1ccc2c(c1)COC(=O)C/C(=C\C=C/N)CO2. The Morgan fingerprint density at radius 2 is 2.08 bits per heavy atom. The molecule has 1 heterocycles. The van der Waals surface area contributed by atoms with Gasteiger partial charge in [0.1, 0.15) is 19.0 Å². The second-order valence-corrected chi connectivity index (χ2v) is 7.35. The lowest BCUT2D eigenvalue weighted by Gasteiger charge is -2.23. The maximum absolute atomic E-state index is 12.0. The van der Waals surface area contributed by atoms with Crippen LogP contribution in [0.25, 0.3) is 0 Å². The van der Waals surface area contributed by atoms with Crippen LogP contribution in [0.3, 0.4) is 0 Å². The van der Waals surface area contributed by atoms with Crippen molar-refractivity contribution < 1.29 is 19.4 Å². The van der Waals surface area contributed by atoms with Crippen LogP contribution < -0.4 is 15.8 Å². The molecule has 142 valence electrons. The highest BCUT2D eigenvalue weighted by atomic mass is 16.5. The van der Waals surface area contributed by atoms with Crippen molar-refractivity contribution in [1.29, 1.82) is 0 Å². The van der Waals surface area contributed by atoms with E-state index in [-0.39, 0.29) is 31.1 Å². The monoisotopic (exact) mass is 360 g/mol. The number of allylic oxidation sites excluding steroid dienone is 2. The van der Waals surface area contributed by atoms with Crippen molar-refractivity contribution in [2.24, 2.45) is 5.73 Å². The van der Waals surface area contributed by atoms with Crippen LogP contribution in [0.5, 0.6) is 5.75 Å². The maximum Gasteiger partial charge on any atom is 0.310 e. The summed E-state index contributed by atoms with van der Waals surface area (Å²) in [7, 11) is 0. The number of hydrogen-bond donors (Lipinski definition) is 3. The summed E-state index contributed by atoms with van der Waals surface area (Å²) in [5.74, 6) is 0.320. The van der Waals surface area contributed by atoms with Crippen LogP contribution in [0.1, 0.15) is 44.4 Å². The quantitative estimate of drug-likeness (QED) is 0.714. The molecule has 1 unspecified atom stereocenters. The van der Waals surface area contributed by atoms with E-state index in [0.717, 1.165) is 16.7 Å². The number of carbonyl (C=O) groups excluding carboxylic acids is 1. The summed E-state index contributed by atoms with van der Waals surface area (Å²) >= 11 is 0. The number of cyclic esters (lactones) is 1. The Bertz CT molecular complexity index is 690. The largest absolute Gasteiger partial charge is 0.489 e. The van der Waals surface area contributed by atoms with E-state index in [0.29, 0.717) is 12.3 Å². The van der Waals surface area contributed by atoms with Gasteiger partial charge in [0.2, 0.25) is 0 Å². The number of ether oxygens (including phenoxy) is 2. The van der Waals surface area contributed by atoms with Crippen LogP contribution in [0.15, 0.2) is 42.1 Å². The number of rotatable bonds is 4. The number of fused-ring (bicyclic) bond motifs is 1. The second kappa shape index (κ2) is 8.87. The third kappa shape index (κ3) is 6.20. The predicted molar refractivity (Wildman–Crippen MR) is 100 cm³/mol. The fraction of sp³-hybridized carbons (Fsp3) is 0.450. The molecule has 0 fully saturated rings. The van der Waals surface area contributed by atoms with Crippen molar-refractivity contribution >= 4 is 5.97 Å². The molecule has 0 saturated carbocycles. The lowest BCUT2D eigenvalue weighted by molar-refractivity contribution is -0.144. The van der Waals surface area contributed by atoms with Gasteiger partial charge in [-0.1, -0.05) is 12.1 Å². The third-order valence-corrected chi connectivity index (χ3v) is 3.91. The minimum atomic E-state index is -0.659. The van der Waals surface area contributed by atoms with Gasteiger partial charge in [0.15, 0.2) is 0 Å². The number of carbonyl (C=O) groups is 1. The van der Waals surface area contributed by atoms with E-state index in [4.69, 9.17) is 15.2 Å². The molecule has 1 aliphatic rings. The van der Waals surface area contributed by atoms with Crippen molar-refractivity contribution in [1.82, 2.24) is 5.32 Å². The van der Waals surface area contributed by atoms with Gasteiger partial charge in [0.05, 0.1) is 12.5 Å². The highest BCUT2D eigenvalue weighted by molar-refractivity contribution is 5.72. The normalized spacial score (nSPS) is 18.5. The number of nitrogens with one attached hydrogen (secondary N) is 1.